The molecule has 0 bridgehead atoms. The molecule has 0 atom stereocenters. The van der Waals surface area contributed by atoms with Crippen LogP contribution >= 0.6 is 0 Å². The van der Waals surface area contributed by atoms with Crippen molar-refractivity contribution in [2.75, 3.05) is 25.1 Å². The largest absolute Gasteiger partial charge is 0.497 e. The molecule has 0 spiro atoms. The molecule has 2 N–H and O–H groups in total. The fourth-order valence-electron chi connectivity index (χ4n) is 3.18. The number of hydrogen-bond acceptors (Lipinski definition) is 3. The fraction of sp³-hybridized carbons (Fsp3) is 0.364. The van der Waals surface area contributed by atoms with Crippen molar-refractivity contribution in [2.45, 2.75) is 26.8 Å². The van der Waals surface area contributed by atoms with Crippen molar-refractivity contribution < 1.29 is 14.3 Å². The first-order chi connectivity index (χ1) is 13.5. The van der Waals surface area contributed by atoms with Gasteiger partial charge in [0.2, 0.25) is 0 Å². The van der Waals surface area contributed by atoms with Crippen LogP contribution < -0.4 is 20.3 Å². The van der Waals surface area contributed by atoms with Gasteiger partial charge < -0.3 is 20.3 Å². The number of fused-ring (bicyclic) bond motifs is 1. The molecular weight excluding hydrogens is 354 g/mol. The lowest BCUT2D eigenvalue weighted by Gasteiger charge is -2.18. The summed E-state index contributed by atoms with van der Waals surface area (Å²) in [5.41, 5.74) is 3.66. The van der Waals surface area contributed by atoms with E-state index in [-0.39, 0.29) is 11.9 Å². The number of hydrogen-bond donors (Lipinski definition) is 2. The molecular formula is C22H27N3O3. The van der Waals surface area contributed by atoms with Crippen LogP contribution in [0.2, 0.25) is 0 Å². The molecule has 1 aliphatic rings. The van der Waals surface area contributed by atoms with Gasteiger partial charge in [0.25, 0.3) is 5.91 Å². The topological polar surface area (TPSA) is 70.7 Å². The van der Waals surface area contributed by atoms with Crippen molar-refractivity contribution in [2.24, 2.45) is 5.92 Å². The van der Waals surface area contributed by atoms with Gasteiger partial charge in [-0.2, -0.15) is 0 Å². The normalized spacial score (nSPS) is 12.6. The number of benzene rings is 2. The molecule has 0 saturated heterocycles. The predicted molar refractivity (Wildman–Crippen MR) is 110 cm³/mol. The van der Waals surface area contributed by atoms with E-state index in [1.165, 1.54) is 0 Å². The second kappa shape index (κ2) is 8.78. The van der Waals surface area contributed by atoms with Gasteiger partial charge in [-0.15, -0.1) is 0 Å². The van der Waals surface area contributed by atoms with Crippen LogP contribution in [0.15, 0.2) is 42.5 Å². The summed E-state index contributed by atoms with van der Waals surface area (Å²) < 4.78 is 5.16. The molecule has 28 heavy (non-hydrogen) atoms. The zero-order valence-electron chi connectivity index (χ0n) is 16.6. The molecule has 0 unspecified atom stereocenters. The number of methoxy groups -OCH3 is 1. The third-order valence-corrected chi connectivity index (χ3v) is 4.75. The first-order valence-corrected chi connectivity index (χ1v) is 9.57. The maximum Gasteiger partial charge on any atom is 0.315 e. The minimum absolute atomic E-state index is 0.0267. The van der Waals surface area contributed by atoms with Gasteiger partial charge in [-0.3, -0.25) is 4.79 Å². The highest BCUT2D eigenvalue weighted by Crippen LogP contribution is 2.30. The minimum Gasteiger partial charge on any atom is -0.497 e. The number of nitrogens with zero attached hydrogens (tertiary/aromatic N) is 1. The second-order valence-corrected chi connectivity index (χ2v) is 7.36. The number of nitrogens with one attached hydrogen (secondary N) is 2. The third-order valence-electron chi connectivity index (χ3n) is 4.75. The summed E-state index contributed by atoms with van der Waals surface area (Å²) in [6.45, 7) is 5.82. The molecule has 0 radical (unpaired) electrons. The number of rotatable bonds is 6. The van der Waals surface area contributed by atoms with Crippen LogP contribution in [0, 0.1) is 5.92 Å². The van der Waals surface area contributed by atoms with Crippen molar-refractivity contribution in [3.8, 4) is 5.75 Å². The molecule has 6 heteroatoms. The lowest BCUT2D eigenvalue weighted by Crippen LogP contribution is -2.37. The molecule has 2 aromatic carbocycles. The summed E-state index contributed by atoms with van der Waals surface area (Å²) >= 11 is 0. The van der Waals surface area contributed by atoms with Gasteiger partial charge in [0.1, 0.15) is 5.75 Å². The van der Waals surface area contributed by atoms with E-state index < -0.39 is 0 Å². The lowest BCUT2D eigenvalue weighted by molar-refractivity contribution is 0.0989. The van der Waals surface area contributed by atoms with Gasteiger partial charge in [0.15, 0.2) is 0 Å². The zero-order valence-corrected chi connectivity index (χ0v) is 16.6. The molecule has 3 amide bonds. The molecule has 1 heterocycles. The Bertz CT molecular complexity index is 847. The first kappa shape index (κ1) is 19.7. The summed E-state index contributed by atoms with van der Waals surface area (Å²) in [7, 11) is 1.60. The van der Waals surface area contributed by atoms with E-state index in [1.807, 2.05) is 18.2 Å². The van der Waals surface area contributed by atoms with Gasteiger partial charge in [-0.25, -0.2) is 4.79 Å². The SMILES string of the molecule is COc1ccc(C(=O)N2CCc3ccc(CNC(=O)NCC(C)C)cc32)cc1. The zero-order chi connectivity index (χ0) is 20.1. The number of anilines is 1. The van der Waals surface area contributed by atoms with E-state index in [2.05, 4.69) is 24.5 Å². The molecule has 1 aliphatic heterocycles. The summed E-state index contributed by atoms with van der Waals surface area (Å²) in [5.74, 6) is 1.10. The number of amides is 3. The standard InChI is InChI=1S/C22H27N3O3/c1-15(2)13-23-22(27)24-14-16-4-5-17-10-11-25(20(17)12-16)21(26)18-6-8-19(28-3)9-7-18/h4-9,12,15H,10-11,13-14H2,1-3H3,(H2,23,24,27). The Morgan fingerprint density at radius 3 is 2.54 bits per heavy atom. The molecule has 2 aromatic rings. The summed E-state index contributed by atoms with van der Waals surface area (Å²) in [6, 6.07) is 13.0. The first-order valence-electron chi connectivity index (χ1n) is 9.57. The number of carbonyl (C=O) groups is 2. The maximum atomic E-state index is 12.9. The van der Waals surface area contributed by atoms with Gasteiger partial charge >= 0.3 is 6.03 Å². The Morgan fingerprint density at radius 2 is 1.86 bits per heavy atom. The van der Waals surface area contributed by atoms with Crippen LogP contribution in [0.5, 0.6) is 5.75 Å². The van der Waals surface area contributed by atoms with Gasteiger partial charge in [0, 0.05) is 30.9 Å². The molecule has 3 rings (SSSR count). The van der Waals surface area contributed by atoms with Crippen LogP contribution in [0.3, 0.4) is 0 Å². The van der Waals surface area contributed by atoms with Crippen molar-refractivity contribution >= 4 is 17.6 Å². The van der Waals surface area contributed by atoms with E-state index in [0.717, 1.165) is 29.0 Å². The van der Waals surface area contributed by atoms with Crippen molar-refractivity contribution in [3.05, 3.63) is 59.2 Å². The Labute approximate surface area is 165 Å². The number of ether oxygens (including phenoxy) is 1. The molecule has 6 nitrogen and oxygen atoms in total. The quantitative estimate of drug-likeness (QED) is 0.806. The van der Waals surface area contributed by atoms with E-state index in [0.29, 0.717) is 31.1 Å². The predicted octanol–water partition coefficient (Wildman–Crippen LogP) is 3.35. The Hall–Kier alpha value is -3.02. The van der Waals surface area contributed by atoms with Crippen LogP contribution in [0.25, 0.3) is 0 Å². The molecule has 148 valence electrons. The number of urea groups is 1. The number of carbonyl (C=O) groups excluding carboxylic acids is 2. The Balaban J connectivity index is 1.68. The summed E-state index contributed by atoms with van der Waals surface area (Å²) in [4.78, 5) is 26.6. The van der Waals surface area contributed by atoms with Crippen LogP contribution in [0.1, 0.15) is 35.3 Å². The van der Waals surface area contributed by atoms with Gasteiger partial charge in [-0.1, -0.05) is 26.0 Å². The van der Waals surface area contributed by atoms with E-state index in [1.54, 1.807) is 36.3 Å². The third kappa shape index (κ3) is 4.63. The summed E-state index contributed by atoms with van der Waals surface area (Å²) in [5, 5.41) is 5.70. The van der Waals surface area contributed by atoms with Crippen molar-refractivity contribution in [1.29, 1.82) is 0 Å². The molecule has 0 aliphatic carbocycles. The molecule has 0 aromatic heterocycles. The van der Waals surface area contributed by atoms with E-state index in [4.69, 9.17) is 4.74 Å². The van der Waals surface area contributed by atoms with E-state index >= 15 is 0 Å². The highest BCUT2D eigenvalue weighted by molar-refractivity contribution is 6.07. The van der Waals surface area contributed by atoms with Crippen LogP contribution in [-0.4, -0.2) is 32.1 Å². The van der Waals surface area contributed by atoms with Crippen LogP contribution in [0.4, 0.5) is 10.5 Å². The van der Waals surface area contributed by atoms with Crippen LogP contribution in [-0.2, 0) is 13.0 Å². The van der Waals surface area contributed by atoms with Gasteiger partial charge in [0.05, 0.1) is 7.11 Å². The Morgan fingerprint density at radius 1 is 1.11 bits per heavy atom. The van der Waals surface area contributed by atoms with Crippen molar-refractivity contribution in [1.82, 2.24) is 10.6 Å². The van der Waals surface area contributed by atoms with E-state index in [9.17, 15) is 9.59 Å². The lowest BCUT2D eigenvalue weighted by atomic mass is 10.1. The summed E-state index contributed by atoms with van der Waals surface area (Å²) in [6.07, 6.45) is 0.833. The minimum atomic E-state index is -0.180. The highest BCUT2D eigenvalue weighted by atomic mass is 16.5. The van der Waals surface area contributed by atoms with Crippen molar-refractivity contribution in [3.63, 3.8) is 0 Å². The highest BCUT2D eigenvalue weighted by Gasteiger charge is 2.25. The molecule has 0 fully saturated rings. The average Bonchev–Trinajstić information content (AvgIpc) is 3.13. The Kier molecular flexibility index (Phi) is 6.19. The second-order valence-electron chi connectivity index (χ2n) is 7.36. The maximum absolute atomic E-state index is 12.9. The molecule has 0 saturated carbocycles. The monoisotopic (exact) mass is 381 g/mol. The smallest absolute Gasteiger partial charge is 0.315 e. The van der Waals surface area contributed by atoms with Gasteiger partial charge in [-0.05, 0) is 53.8 Å². The fourth-order valence-corrected chi connectivity index (χ4v) is 3.18. The average molecular weight is 381 g/mol.